The predicted molar refractivity (Wildman–Crippen MR) is 209 cm³/mol. The van der Waals surface area contributed by atoms with E-state index >= 15 is 0 Å². The van der Waals surface area contributed by atoms with Crippen molar-refractivity contribution in [1.82, 2.24) is 5.32 Å². The number of rotatable bonds is 10. The van der Waals surface area contributed by atoms with Crippen molar-refractivity contribution in [3.63, 3.8) is 0 Å². The van der Waals surface area contributed by atoms with Crippen molar-refractivity contribution in [1.29, 1.82) is 0 Å². The lowest BCUT2D eigenvalue weighted by molar-refractivity contribution is -0.301. The number of unbranched alkanes of at least 4 members (excludes halogenated alkanes) is 1. The van der Waals surface area contributed by atoms with Crippen LogP contribution in [0.4, 0.5) is 4.79 Å². The quantitative estimate of drug-likeness (QED) is 0.109. The Morgan fingerprint density at radius 3 is 2.25 bits per heavy atom. The number of nitrogens with one attached hydrogen (secondary N) is 1. The Hall–Kier alpha value is -4.47. The lowest BCUT2D eigenvalue weighted by Gasteiger charge is -2.61. The SMILES string of the molecule is CC(=O)O[C@H]1C(=O)C2CC[C@H]3OC[C@@]3(OC(C)=O)C2C[C@]2(O)CCC(C)=C1C2(C)C.CCCCSC(=O)N[C@H](CC(=O)O)c1ccco1.O=C(O)c1ccccc1. The van der Waals surface area contributed by atoms with Crippen molar-refractivity contribution in [3.8, 4) is 0 Å². The number of ketones is 1. The molecule has 1 aromatic carbocycles. The molecule has 1 aliphatic heterocycles. The summed E-state index contributed by atoms with van der Waals surface area (Å²) in [7, 11) is 0. The molecule has 2 bridgehead atoms. The molecule has 4 N–H and O–H groups in total. The van der Waals surface area contributed by atoms with E-state index in [4.69, 9.17) is 28.8 Å². The molecular weight excluding hydrogens is 759 g/mol. The first kappa shape index (κ1) is 45.2. The maximum Gasteiger partial charge on any atom is 0.335 e. The number of ether oxygens (including phenoxy) is 3. The Morgan fingerprint density at radius 1 is 1.02 bits per heavy atom. The van der Waals surface area contributed by atoms with Gasteiger partial charge in [0.1, 0.15) is 11.9 Å². The molecule has 15 heteroatoms. The number of aromatic carboxylic acids is 1. The Morgan fingerprint density at radius 2 is 1.72 bits per heavy atom. The fourth-order valence-electron chi connectivity index (χ4n) is 8.48. The number of allylic oxidation sites excluding steroid dienone is 1. The topological polar surface area (TPSA) is 216 Å². The number of furan rings is 1. The van der Waals surface area contributed by atoms with Gasteiger partial charge in [0.05, 0.1) is 36.5 Å². The maximum atomic E-state index is 13.8. The van der Waals surface area contributed by atoms with E-state index in [2.05, 4.69) is 12.2 Å². The Labute approximate surface area is 337 Å². The second-order valence-electron chi connectivity index (χ2n) is 15.6. The highest BCUT2D eigenvalue weighted by molar-refractivity contribution is 8.13. The number of carbonyl (C=O) groups excluding carboxylic acids is 4. The fourth-order valence-corrected chi connectivity index (χ4v) is 9.33. The van der Waals surface area contributed by atoms with Crippen LogP contribution in [0.25, 0.3) is 0 Å². The number of amides is 1. The van der Waals surface area contributed by atoms with E-state index in [9.17, 15) is 33.9 Å². The number of thioether (sulfide) groups is 1. The standard InChI is InChI=1S/C23H32O7.C12H17NO4S.C7H6O2/c1-12-8-9-22(27)10-16-15(6-7-17-23(16,11-28-17)30-14(3)25)19(26)20(29-13(2)24)18(12)21(22,4)5;1-2-3-7-18-12(16)13-9(8-11(14)15)10-5-4-6-17-10;8-7(9)6-4-2-1-3-5-6/h15-17,20,27H,6-11H2,1-5H3;4-6,9H,2-3,7-8H2,1H3,(H,13,16)(H,14,15);1-5H,(H,8,9)/t15?,16?,17-,20-,22-,23-;9-;/m11./s1. The van der Waals surface area contributed by atoms with Crippen LogP contribution in [0.2, 0.25) is 0 Å². The van der Waals surface area contributed by atoms with Crippen molar-refractivity contribution in [3.05, 3.63) is 71.2 Å². The van der Waals surface area contributed by atoms with Crippen LogP contribution in [0, 0.1) is 17.3 Å². The number of aliphatic hydroxyl groups is 1. The van der Waals surface area contributed by atoms with Gasteiger partial charge < -0.3 is 39.3 Å². The van der Waals surface area contributed by atoms with Gasteiger partial charge >= 0.3 is 23.9 Å². The summed E-state index contributed by atoms with van der Waals surface area (Å²) in [5, 5.41) is 31.6. The summed E-state index contributed by atoms with van der Waals surface area (Å²) in [4.78, 5) is 70.3. The van der Waals surface area contributed by atoms with Gasteiger partial charge in [-0.1, -0.05) is 62.7 Å². The van der Waals surface area contributed by atoms with Crippen molar-refractivity contribution < 1.29 is 62.7 Å². The molecule has 1 aromatic heterocycles. The first-order valence-corrected chi connectivity index (χ1v) is 20.3. The molecule has 312 valence electrons. The van der Waals surface area contributed by atoms with Gasteiger partial charge in [0, 0.05) is 36.9 Å². The number of benzene rings is 1. The third-order valence-electron chi connectivity index (χ3n) is 11.5. The van der Waals surface area contributed by atoms with Crippen molar-refractivity contribution >= 4 is 46.7 Å². The van der Waals surface area contributed by atoms with Crippen molar-refractivity contribution in [2.24, 2.45) is 17.3 Å². The molecule has 2 heterocycles. The molecule has 14 nitrogen and oxygen atoms in total. The summed E-state index contributed by atoms with van der Waals surface area (Å²) in [6.45, 7) is 10.7. The van der Waals surface area contributed by atoms with Crippen LogP contribution in [-0.2, 0) is 33.4 Å². The number of aliphatic carboxylic acids is 1. The molecule has 1 amide bonds. The van der Waals surface area contributed by atoms with Gasteiger partial charge in [-0.3, -0.25) is 24.0 Å². The molecule has 2 aromatic rings. The molecule has 0 radical (unpaired) electrons. The maximum absolute atomic E-state index is 13.8. The molecule has 0 spiro atoms. The van der Waals surface area contributed by atoms with Crippen LogP contribution in [0.1, 0.15) is 115 Å². The van der Waals surface area contributed by atoms with Gasteiger partial charge in [0.15, 0.2) is 17.5 Å². The minimum absolute atomic E-state index is 0.154. The molecule has 3 aliphatic carbocycles. The van der Waals surface area contributed by atoms with E-state index in [1.54, 1.807) is 42.5 Å². The van der Waals surface area contributed by atoms with Gasteiger partial charge in [0.2, 0.25) is 0 Å². The predicted octanol–water partition coefficient (Wildman–Crippen LogP) is 6.91. The molecule has 7 atom stereocenters. The van der Waals surface area contributed by atoms with Crippen LogP contribution in [0.15, 0.2) is 64.3 Å². The van der Waals surface area contributed by atoms with E-state index in [1.165, 1.54) is 31.9 Å². The third kappa shape index (κ3) is 10.5. The molecule has 2 unspecified atom stereocenters. The zero-order chi connectivity index (χ0) is 42.1. The van der Waals surface area contributed by atoms with E-state index in [0.29, 0.717) is 43.4 Å². The summed E-state index contributed by atoms with van der Waals surface area (Å²) in [6.07, 6.45) is 4.61. The van der Waals surface area contributed by atoms with Gasteiger partial charge in [-0.05, 0) is 75.3 Å². The lowest BCUT2D eigenvalue weighted by atomic mass is 9.51. The zero-order valence-corrected chi connectivity index (χ0v) is 34.2. The van der Waals surface area contributed by atoms with E-state index in [1.807, 2.05) is 20.8 Å². The Bertz CT molecular complexity index is 1790. The average molecular weight is 814 g/mol. The summed E-state index contributed by atoms with van der Waals surface area (Å²) in [6, 6.07) is 11.0. The molecule has 1 saturated heterocycles. The van der Waals surface area contributed by atoms with Gasteiger partial charge in [-0.2, -0.15) is 0 Å². The van der Waals surface area contributed by atoms with Crippen molar-refractivity contribution in [2.45, 2.75) is 122 Å². The van der Waals surface area contributed by atoms with Gasteiger partial charge in [0.25, 0.3) is 5.24 Å². The van der Waals surface area contributed by atoms with Gasteiger partial charge in [-0.15, -0.1) is 0 Å². The summed E-state index contributed by atoms with van der Waals surface area (Å²) in [5.74, 6) is -2.61. The summed E-state index contributed by atoms with van der Waals surface area (Å²) in [5.41, 5.74) is -0.747. The zero-order valence-electron chi connectivity index (χ0n) is 33.4. The van der Waals surface area contributed by atoms with E-state index < -0.39 is 58.6 Å². The molecule has 3 fully saturated rings. The molecule has 2 saturated carbocycles. The number of esters is 2. The first-order valence-electron chi connectivity index (χ1n) is 19.3. The number of hydrogen-bond donors (Lipinski definition) is 4. The highest BCUT2D eigenvalue weighted by Crippen LogP contribution is 2.59. The number of carbonyl (C=O) groups is 6. The van der Waals surface area contributed by atoms with Gasteiger partial charge in [-0.25, -0.2) is 4.79 Å². The molecule has 57 heavy (non-hydrogen) atoms. The second-order valence-corrected chi connectivity index (χ2v) is 16.6. The fraction of sp³-hybridized carbons (Fsp3) is 0.571. The summed E-state index contributed by atoms with van der Waals surface area (Å²) >= 11 is 1.17. The number of carboxylic acids is 2. The monoisotopic (exact) mass is 813 g/mol. The normalized spacial score (nSPS) is 27.4. The van der Waals surface area contributed by atoms with Crippen LogP contribution >= 0.6 is 11.8 Å². The third-order valence-corrected chi connectivity index (χ3v) is 12.4. The van der Waals surface area contributed by atoms with Crippen LogP contribution in [-0.4, -0.2) is 86.0 Å². The highest BCUT2D eigenvalue weighted by atomic mass is 32.2. The lowest BCUT2D eigenvalue weighted by Crippen LogP contribution is -2.72. The van der Waals surface area contributed by atoms with Crippen molar-refractivity contribution in [2.75, 3.05) is 12.4 Å². The van der Waals surface area contributed by atoms with E-state index in [-0.39, 0.29) is 36.1 Å². The minimum atomic E-state index is -1.12. The number of fused-ring (bicyclic) bond motifs is 5. The van der Waals surface area contributed by atoms with Crippen LogP contribution in [0.3, 0.4) is 0 Å². The molecule has 6 rings (SSSR count). The molecule has 4 aliphatic rings. The summed E-state index contributed by atoms with van der Waals surface area (Å²) < 4.78 is 22.3. The smallest absolute Gasteiger partial charge is 0.335 e. The second kappa shape index (κ2) is 19.3. The highest BCUT2D eigenvalue weighted by Gasteiger charge is 2.67. The number of carboxylic acid groups (broad SMARTS) is 2. The van der Waals surface area contributed by atoms with Crippen LogP contribution in [0.5, 0.6) is 0 Å². The number of Topliss-reactive ketones (excluding diaryl/α,β-unsaturated/α-hetero) is 1. The molecular formula is C42H55NO13S. The largest absolute Gasteiger partial charge is 0.481 e. The average Bonchev–Trinajstić information content (AvgIpc) is 3.67. The first-order chi connectivity index (χ1) is 26.9. The Kier molecular flexibility index (Phi) is 15.3. The van der Waals surface area contributed by atoms with E-state index in [0.717, 1.165) is 29.7 Å². The minimum Gasteiger partial charge on any atom is -0.481 e. The number of hydrogen-bond acceptors (Lipinski definition) is 12. The Balaban J connectivity index is 0.000000225. The van der Waals surface area contributed by atoms with Crippen LogP contribution < -0.4 is 5.32 Å².